The fraction of sp³-hybridized carbons (Fsp3) is 0.417. The molecule has 86 valence electrons. The molecule has 4 heteroatoms. The molecule has 0 spiro atoms. The SMILES string of the molecule is O=C(c1cccc(Cl)c1)N1CCC[C@H](O)C1. The summed E-state index contributed by atoms with van der Waals surface area (Å²) in [5.74, 6) is -0.0544. The largest absolute Gasteiger partial charge is 0.391 e. The van der Waals surface area contributed by atoms with Gasteiger partial charge in [-0.25, -0.2) is 0 Å². The van der Waals surface area contributed by atoms with Crippen molar-refractivity contribution in [2.75, 3.05) is 13.1 Å². The molecule has 3 nitrogen and oxygen atoms in total. The van der Waals surface area contributed by atoms with Gasteiger partial charge in [-0.3, -0.25) is 4.79 Å². The minimum Gasteiger partial charge on any atom is -0.391 e. The Bertz CT molecular complexity index is 394. The Morgan fingerprint density at radius 1 is 1.50 bits per heavy atom. The molecular formula is C12H14ClNO2. The number of aliphatic hydroxyl groups excluding tert-OH is 1. The van der Waals surface area contributed by atoms with Crippen molar-refractivity contribution in [2.45, 2.75) is 18.9 Å². The lowest BCUT2D eigenvalue weighted by Gasteiger charge is -2.30. The fourth-order valence-electron chi connectivity index (χ4n) is 1.94. The van der Waals surface area contributed by atoms with Crippen LogP contribution in [0.4, 0.5) is 0 Å². The van der Waals surface area contributed by atoms with Gasteiger partial charge in [0.2, 0.25) is 0 Å². The Kier molecular flexibility index (Phi) is 3.46. The molecule has 2 rings (SSSR count). The van der Waals surface area contributed by atoms with Crippen molar-refractivity contribution in [1.29, 1.82) is 0 Å². The Hall–Kier alpha value is -1.06. The number of amides is 1. The molecule has 1 aliphatic heterocycles. The molecule has 0 saturated carbocycles. The van der Waals surface area contributed by atoms with Crippen molar-refractivity contribution in [2.24, 2.45) is 0 Å². The second-order valence-electron chi connectivity index (χ2n) is 4.06. The fourth-order valence-corrected chi connectivity index (χ4v) is 2.13. The van der Waals surface area contributed by atoms with Crippen LogP contribution in [0.25, 0.3) is 0 Å². The van der Waals surface area contributed by atoms with Crippen molar-refractivity contribution in [3.63, 3.8) is 0 Å². The van der Waals surface area contributed by atoms with Gasteiger partial charge in [0.05, 0.1) is 6.10 Å². The molecule has 1 fully saturated rings. The molecule has 1 saturated heterocycles. The van der Waals surface area contributed by atoms with Gasteiger partial charge in [0.25, 0.3) is 5.91 Å². The predicted molar refractivity (Wildman–Crippen MR) is 62.6 cm³/mol. The lowest BCUT2D eigenvalue weighted by molar-refractivity contribution is 0.0474. The second kappa shape index (κ2) is 4.85. The van der Waals surface area contributed by atoms with Crippen LogP contribution in [-0.4, -0.2) is 35.1 Å². The van der Waals surface area contributed by atoms with Gasteiger partial charge in [-0.1, -0.05) is 17.7 Å². The molecule has 0 aliphatic carbocycles. The lowest BCUT2D eigenvalue weighted by atomic mass is 10.1. The van der Waals surface area contributed by atoms with Gasteiger partial charge in [0.15, 0.2) is 0 Å². The van der Waals surface area contributed by atoms with Crippen molar-refractivity contribution in [3.8, 4) is 0 Å². The van der Waals surface area contributed by atoms with Crippen molar-refractivity contribution < 1.29 is 9.90 Å². The van der Waals surface area contributed by atoms with Crippen molar-refractivity contribution in [3.05, 3.63) is 34.9 Å². The summed E-state index contributed by atoms with van der Waals surface area (Å²) in [5.41, 5.74) is 0.585. The number of carbonyl (C=O) groups excluding carboxylic acids is 1. The summed E-state index contributed by atoms with van der Waals surface area (Å²) in [4.78, 5) is 13.7. The van der Waals surface area contributed by atoms with Gasteiger partial charge in [-0.15, -0.1) is 0 Å². The molecule has 1 N–H and O–H groups in total. The number of nitrogens with zero attached hydrogens (tertiary/aromatic N) is 1. The summed E-state index contributed by atoms with van der Waals surface area (Å²) >= 11 is 5.84. The number of piperidine rings is 1. The van der Waals surface area contributed by atoms with Gasteiger partial charge in [-0.2, -0.15) is 0 Å². The Balaban J connectivity index is 2.12. The normalized spacial score (nSPS) is 20.9. The quantitative estimate of drug-likeness (QED) is 0.814. The van der Waals surface area contributed by atoms with Gasteiger partial charge in [0.1, 0.15) is 0 Å². The topological polar surface area (TPSA) is 40.5 Å². The summed E-state index contributed by atoms with van der Waals surface area (Å²) in [7, 11) is 0. The van der Waals surface area contributed by atoms with Crippen LogP contribution in [0, 0.1) is 0 Å². The minimum absolute atomic E-state index is 0.0544. The highest BCUT2D eigenvalue weighted by molar-refractivity contribution is 6.30. The molecule has 16 heavy (non-hydrogen) atoms. The van der Waals surface area contributed by atoms with E-state index < -0.39 is 6.10 Å². The summed E-state index contributed by atoms with van der Waals surface area (Å²) in [6.07, 6.45) is 1.24. The van der Waals surface area contributed by atoms with E-state index in [1.54, 1.807) is 29.2 Å². The van der Waals surface area contributed by atoms with E-state index in [1.807, 2.05) is 0 Å². The van der Waals surface area contributed by atoms with Gasteiger partial charge in [-0.05, 0) is 31.0 Å². The Morgan fingerprint density at radius 3 is 3.00 bits per heavy atom. The minimum atomic E-state index is -0.392. The number of rotatable bonds is 1. The summed E-state index contributed by atoms with van der Waals surface area (Å²) < 4.78 is 0. The molecule has 1 aliphatic rings. The third-order valence-corrected chi connectivity index (χ3v) is 2.99. The van der Waals surface area contributed by atoms with Gasteiger partial charge in [0, 0.05) is 23.7 Å². The van der Waals surface area contributed by atoms with Gasteiger partial charge < -0.3 is 10.0 Å². The number of β-amino-alcohol motifs (C(OH)–C–C–N with tert-alkyl or cyclic N) is 1. The maximum absolute atomic E-state index is 12.1. The summed E-state index contributed by atoms with van der Waals surface area (Å²) in [6, 6.07) is 6.90. The highest BCUT2D eigenvalue weighted by atomic mass is 35.5. The first-order valence-electron chi connectivity index (χ1n) is 5.40. The third kappa shape index (κ3) is 2.54. The number of carbonyl (C=O) groups is 1. The second-order valence-corrected chi connectivity index (χ2v) is 4.49. The van der Waals surface area contributed by atoms with Crippen LogP contribution in [0.1, 0.15) is 23.2 Å². The zero-order valence-corrected chi connectivity index (χ0v) is 9.65. The van der Waals surface area contributed by atoms with Gasteiger partial charge >= 0.3 is 0 Å². The van der Waals surface area contributed by atoms with E-state index in [0.717, 1.165) is 12.8 Å². The van der Waals surface area contributed by atoms with Crippen LogP contribution in [0.15, 0.2) is 24.3 Å². The summed E-state index contributed by atoms with van der Waals surface area (Å²) in [6.45, 7) is 1.13. The van der Waals surface area contributed by atoms with E-state index in [-0.39, 0.29) is 5.91 Å². The van der Waals surface area contributed by atoms with Crippen molar-refractivity contribution >= 4 is 17.5 Å². The molecule has 0 bridgehead atoms. The number of likely N-dealkylation sites (tertiary alicyclic amines) is 1. The standard InChI is InChI=1S/C12H14ClNO2/c13-10-4-1-3-9(7-10)12(16)14-6-2-5-11(15)8-14/h1,3-4,7,11,15H,2,5-6,8H2/t11-/m0/s1. The molecule has 1 atom stereocenters. The van der Waals surface area contributed by atoms with E-state index in [0.29, 0.717) is 23.7 Å². The molecule has 1 amide bonds. The van der Waals surface area contributed by atoms with Crippen LogP contribution >= 0.6 is 11.6 Å². The molecular weight excluding hydrogens is 226 g/mol. The molecule has 0 unspecified atom stereocenters. The number of aliphatic hydroxyl groups is 1. The Labute approximate surface area is 99.6 Å². The van der Waals surface area contributed by atoms with E-state index in [1.165, 1.54) is 0 Å². The highest BCUT2D eigenvalue weighted by Crippen LogP contribution is 2.16. The van der Waals surface area contributed by atoms with E-state index >= 15 is 0 Å². The molecule has 1 heterocycles. The lowest BCUT2D eigenvalue weighted by Crippen LogP contribution is -2.42. The monoisotopic (exact) mass is 239 g/mol. The maximum atomic E-state index is 12.1. The number of benzene rings is 1. The first-order chi connectivity index (χ1) is 7.66. The summed E-state index contributed by atoms with van der Waals surface area (Å²) in [5, 5.41) is 10.1. The van der Waals surface area contributed by atoms with E-state index in [4.69, 9.17) is 11.6 Å². The van der Waals surface area contributed by atoms with Crippen LogP contribution in [-0.2, 0) is 0 Å². The molecule has 1 aromatic carbocycles. The molecule has 0 radical (unpaired) electrons. The highest BCUT2D eigenvalue weighted by Gasteiger charge is 2.22. The van der Waals surface area contributed by atoms with Crippen LogP contribution in [0.3, 0.4) is 0 Å². The first-order valence-corrected chi connectivity index (χ1v) is 5.77. The first kappa shape index (κ1) is 11.4. The van der Waals surface area contributed by atoms with Crippen LogP contribution in [0.5, 0.6) is 0 Å². The smallest absolute Gasteiger partial charge is 0.253 e. The zero-order valence-electron chi connectivity index (χ0n) is 8.90. The molecule has 0 aromatic heterocycles. The average Bonchev–Trinajstić information content (AvgIpc) is 2.28. The number of hydrogen-bond acceptors (Lipinski definition) is 2. The van der Waals surface area contributed by atoms with E-state index in [9.17, 15) is 9.90 Å². The average molecular weight is 240 g/mol. The van der Waals surface area contributed by atoms with Crippen LogP contribution in [0.2, 0.25) is 5.02 Å². The zero-order chi connectivity index (χ0) is 11.5. The van der Waals surface area contributed by atoms with Crippen molar-refractivity contribution in [1.82, 2.24) is 4.90 Å². The van der Waals surface area contributed by atoms with Crippen LogP contribution < -0.4 is 0 Å². The molecule has 1 aromatic rings. The number of halogens is 1. The number of hydrogen-bond donors (Lipinski definition) is 1. The Morgan fingerprint density at radius 2 is 2.31 bits per heavy atom. The maximum Gasteiger partial charge on any atom is 0.253 e. The van der Waals surface area contributed by atoms with E-state index in [2.05, 4.69) is 0 Å². The predicted octanol–water partition coefficient (Wildman–Crippen LogP) is 1.94. The third-order valence-electron chi connectivity index (χ3n) is 2.76.